The molecule has 1 heterocycles. The van der Waals surface area contributed by atoms with Crippen molar-refractivity contribution in [2.45, 2.75) is 19.8 Å². The average Bonchev–Trinajstić information content (AvgIpc) is 2.52. The van der Waals surface area contributed by atoms with Crippen LogP contribution in [0.25, 0.3) is 0 Å². The highest BCUT2D eigenvalue weighted by Gasteiger charge is 2.18. The first-order valence-corrected chi connectivity index (χ1v) is 8.02. The van der Waals surface area contributed by atoms with E-state index in [0.29, 0.717) is 12.5 Å². The van der Waals surface area contributed by atoms with Crippen LogP contribution >= 0.6 is 24.0 Å². The molecule has 0 aromatic heterocycles. The van der Waals surface area contributed by atoms with Crippen molar-refractivity contribution in [3.63, 3.8) is 0 Å². The Morgan fingerprint density at radius 3 is 2.41 bits per heavy atom. The highest BCUT2D eigenvalue weighted by Crippen LogP contribution is 2.17. The van der Waals surface area contributed by atoms with Crippen molar-refractivity contribution in [3.8, 4) is 0 Å². The predicted octanol–water partition coefficient (Wildman–Crippen LogP) is 1.16. The van der Waals surface area contributed by atoms with Crippen LogP contribution in [0.1, 0.15) is 19.8 Å². The zero-order valence-corrected chi connectivity index (χ0v) is 16.6. The molecule has 132 valence electrons. The van der Waals surface area contributed by atoms with Gasteiger partial charge in [0.1, 0.15) is 0 Å². The predicted molar refractivity (Wildman–Crippen MR) is 102 cm³/mol. The molecule has 0 atom stereocenters. The smallest absolute Gasteiger partial charge is 0.191 e. The molecule has 0 amide bonds. The summed E-state index contributed by atoms with van der Waals surface area (Å²) in [5.41, 5.74) is 0. The molecule has 1 aliphatic heterocycles. The first-order chi connectivity index (χ1) is 10.3. The van der Waals surface area contributed by atoms with Crippen LogP contribution in [0.3, 0.4) is 0 Å². The Labute approximate surface area is 152 Å². The van der Waals surface area contributed by atoms with E-state index in [9.17, 15) is 0 Å². The maximum Gasteiger partial charge on any atom is 0.191 e. The molecule has 0 unspecified atom stereocenters. The number of nitrogens with one attached hydrogen (secondary N) is 2. The average molecular weight is 428 g/mol. The molecule has 1 rings (SSSR count). The molecule has 6 nitrogen and oxygen atoms in total. The molecule has 7 heteroatoms. The summed E-state index contributed by atoms with van der Waals surface area (Å²) in [6.07, 6.45) is 2.45. The minimum atomic E-state index is 0. The van der Waals surface area contributed by atoms with E-state index >= 15 is 0 Å². The van der Waals surface area contributed by atoms with E-state index in [1.54, 1.807) is 14.2 Å². The highest BCUT2D eigenvalue weighted by molar-refractivity contribution is 14.0. The van der Waals surface area contributed by atoms with E-state index in [1.807, 2.05) is 0 Å². The number of methoxy groups -OCH3 is 2. The quantitative estimate of drug-likeness (QED) is 0.250. The summed E-state index contributed by atoms with van der Waals surface area (Å²) in [6.45, 7) is 9.56. The lowest BCUT2D eigenvalue weighted by atomic mass is 9.97. The Kier molecular flexibility index (Phi) is 14.4. The summed E-state index contributed by atoms with van der Waals surface area (Å²) in [6, 6.07) is 0. The second kappa shape index (κ2) is 14.5. The molecule has 1 saturated heterocycles. The Hall–Kier alpha value is -0.120. The summed E-state index contributed by atoms with van der Waals surface area (Å²) in [4.78, 5) is 7.17. The third-order valence-electron chi connectivity index (χ3n) is 3.77. The largest absolute Gasteiger partial charge is 0.383 e. The number of hydrogen-bond donors (Lipinski definition) is 2. The van der Waals surface area contributed by atoms with Crippen molar-refractivity contribution in [2.24, 2.45) is 10.9 Å². The number of guanidine groups is 1. The van der Waals surface area contributed by atoms with E-state index < -0.39 is 0 Å². The summed E-state index contributed by atoms with van der Waals surface area (Å²) < 4.78 is 10.2. The van der Waals surface area contributed by atoms with Crippen LogP contribution in [-0.2, 0) is 9.47 Å². The molecule has 22 heavy (non-hydrogen) atoms. The van der Waals surface area contributed by atoms with Gasteiger partial charge in [-0.15, -0.1) is 24.0 Å². The van der Waals surface area contributed by atoms with Crippen LogP contribution in [0.15, 0.2) is 4.99 Å². The van der Waals surface area contributed by atoms with Crippen LogP contribution in [0.4, 0.5) is 0 Å². The number of halogens is 1. The number of ether oxygens (including phenoxy) is 2. The molecule has 0 radical (unpaired) electrons. The first kappa shape index (κ1) is 21.9. The van der Waals surface area contributed by atoms with Gasteiger partial charge in [0, 0.05) is 40.4 Å². The zero-order chi connectivity index (χ0) is 15.3. The first-order valence-electron chi connectivity index (χ1n) is 8.02. The topological polar surface area (TPSA) is 58.1 Å². The third kappa shape index (κ3) is 9.81. The van der Waals surface area contributed by atoms with Gasteiger partial charge >= 0.3 is 0 Å². The van der Waals surface area contributed by atoms with Crippen LogP contribution in [0.5, 0.6) is 0 Å². The van der Waals surface area contributed by atoms with Gasteiger partial charge in [-0.1, -0.05) is 0 Å². The van der Waals surface area contributed by atoms with Crippen LogP contribution < -0.4 is 10.6 Å². The Balaban J connectivity index is 0.00000441. The van der Waals surface area contributed by atoms with Crippen molar-refractivity contribution >= 4 is 29.9 Å². The molecule has 0 aromatic rings. The molecule has 0 spiro atoms. The minimum absolute atomic E-state index is 0. The second-order valence-electron chi connectivity index (χ2n) is 5.42. The molecule has 1 fully saturated rings. The van der Waals surface area contributed by atoms with E-state index in [2.05, 4.69) is 22.5 Å². The van der Waals surface area contributed by atoms with Crippen LogP contribution in [0.2, 0.25) is 0 Å². The Morgan fingerprint density at radius 1 is 1.14 bits per heavy atom. The molecule has 0 bridgehead atoms. The number of rotatable bonds is 9. The van der Waals surface area contributed by atoms with Crippen LogP contribution in [0, 0.1) is 5.92 Å². The van der Waals surface area contributed by atoms with Gasteiger partial charge in [-0.05, 0) is 38.8 Å². The molecule has 0 aliphatic carbocycles. The third-order valence-corrected chi connectivity index (χ3v) is 3.77. The van der Waals surface area contributed by atoms with Crippen molar-refractivity contribution in [1.82, 2.24) is 15.5 Å². The standard InChI is InChI=1S/C15H32N4O2.HI/c1-4-16-15(17-7-11-20-2)18-13-14-5-8-19(9-6-14)10-12-21-3;/h14H,4-13H2,1-3H3,(H2,16,17,18);1H. The minimum Gasteiger partial charge on any atom is -0.383 e. The van der Waals surface area contributed by atoms with E-state index in [1.165, 1.54) is 12.8 Å². The number of nitrogens with zero attached hydrogens (tertiary/aromatic N) is 2. The lowest BCUT2D eigenvalue weighted by Crippen LogP contribution is -2.40. The highest BCUT2D eigenvalue weighted by atomic mass is 127. The van der Waals surface area contributed by atoms with Gasteiger partial charge in [-0.2, -0.15) is 0 Å². The fourth-order valence-corrected chi connectivity index (χ4v) is 2.45. The lowest BCUT2D eigenvalue weighted by molar-refractivity contribution is 0.121. The van der Waals surface area contributed by atoms with Crippen molar-refractivity contribution < 1.29 is 9.47 Å². The van der Waals surface area contributed by atoms with Gasteiger partial charge in [0.2, 0.25) is 0 Å². The van der Waals surface area contributed by atoms with Crippen molar-refractivity contribution in [3.05, 3.63) is 0 Å². The molecular weight excluding hydrogens is 395 g/mol. The maximum atomic E-state index is 5.13. The van der Waals surface area contributed by atoms with Crippen molar-refractivity contribution in [2.75, 3.05) is 66.7 Å². The van der Waals surface area contributed by atoms with Gasteiger partial charge in [-0.25, -0.2) is 0 Å². The van der Waals surface area contributed by atoms with Crippen LogP contribution in [-0.4, -0.2) is 77.6 Å². The molecule has 0 saturated carbocycles. The van der Waals surface area contributed by atoms with Gasteiger partial charge in [0.25, 0.3) is 0 Å². The number of piperidine rings is 1. The monoisotopic (exact) mass is 428 g/mol. The summed E-state index contributed by atoms with van der Waals surface area (Å²) >= 11 is 0. The number of aliphatic imine (C=N–C) groups is 1. The van der Waals surface area contributed by atoms with E-state index in [4.69, 9.17) is 14.5 Å². The van der Waals surface area contributed by atoms with E-state index in [-0.39, 0.29) is 24.0 Å². The maximum absolute atomic E-state index is 5.13. The van der Waals surface area contributed by atoms with Gasteiger partial charge < -0.3 is 25.0 Å². The molecular formula is C15H33IN4O2. The summed E-state index contributed by atoms with van der Waals surface area (Å²) in [5.74, 6) is 1.60. The molecule has 2 N–H and O–H groups in total. The SMILES string of the molecule is CCNC(=NCC1CCN(CCOC)CC1)NCCOC.I. The number of likely N-dealkylation sites (tertiary alicyclic amines) is 1. The number of hydrogen-bond acceptors (Lipinski definition) is 4. The Morgan fingerprint density at radius 2 is 1.82 bits per heavy atom. The molecule has 0 aromatic carbocycles. The zero-order valence-electron chi connectivity index (χ0n) is 14.3. The fourth-order valence-electron chi connectivity index (χ4n) is 2.45. The van der Waals surface area contributed by atoms with Crippen molar-refractivity contribution in [1.29, 1.82) is 0 Å². The molecule has 1 aliphatic rings. The van der Waals surface area contributed by atoms with Gasteiger partial charge in [0.05, 0.1) is 13.2 Å². The normalized spacial score (nSPS) is 17.1. The summed E-state index contributed by atoms with van der Waals surface area (Å²) in [7, 11) is 3.48. The summed E-state index contributed by atoms with van der Waals surface area (Å²) in [5, 5.41) is 6.56. The fraction of sp³-hybridized carbons (Fsp3) is 0.933. The second-order valence-corrected chi connectivity index (χ2v) is 5.42. The van der Waals surface area contributed by atoms with E-state index in [0.717, 1.165) is 51.8 Å². The Bertz CT molecular complexity index is 285. The lowest BCUT2D eigenvalue weighted by Gasteiger charge is -2.31. The van der Waals surface area contributed by atoms with Gasteiger partial charge in [-0.3, -0.25) is 4.99 Å². The van der Waals surface area contributed by atoms with Gasteiger partial charge in [0.15, 0.2) is 5.96 Å².